The second-order valence-corrected chi connectivity index (χ2v) is 7.73. The van der Waals surface area contributed by atoms with Gasteiger partial charge in [-0.25, -0.2) is 0 Å². The Morgan fingerprint density at radius 2 is 2.10 bits per heavy atom. The maximum Gasteiger partial charge on any atom is 0.122 e. The van der Waals surface area contributed by atoms with Gasteiger partial charge in [-0.2, -0.15) is 0 Å². The average Bonchev–Trinajstić information content (AvgIpc) is 3.00. The van der Waals surface area contributed by atoms with Crippen LogP contribution in [-0.2, 0) is 6.42 Å². The molecular formula is C18H25NO. The standard InChI is InChI=1S/C18H25NO/c1-17(2)13-6-8-18(17,3)16(11-13)19-14-4-5-15-12(10-14)7-9-20-15/h4-5,10,13,16,19H,6-9,11H2,1-3H3. The summed E-state index contributed by atoms with van der Waals surface area (Å²) in [6.45, 7) is 8.29. The van der Waals surface area contributed by atoms with Gasteiger partial charge in [0.2, 0.25) is 0 Å². The third-order valence-electron chi connectivity index (χ3n) is 6.82. The van der Waals surface area contributed by atoms with Crippen molar-refractivity contribution in [2.24, 2.45) is 16.7 Å². The zero-order chi connectivity index (χ0) is 14.0. The van der Waals surface area contributed by atoms with Gasteiger partial charge < -0.3 is 10.1 Å². The fourth-order valence-corrected chi connectivity index (χ4v) is 4.90. The Labute approximate surface area is 121 Å². The molecule has 4 rings (SSSR count). The van der Waals surface area contributed by atoms with Crippen LogP contribution in [-0.4, -0.2) is 12.6 Å². The van der Waals surface area contributed by atoms with E-state index in [1.807, 2.05) is 0 Å². The molecule has 108 valence electrons. The van der Waals surface area contributed by atoms with E-state index in [9.17, 15) is 0 Å². The molecular weight excluding hydrogens is 246 g/mol. The molecule has 0 spiro atoms. The van der Waals surface area contributed by atoms with Crippen LogP contribution < -0.4 is 10.1 Å². The average molecular weight is 271 g/mol. The quantitative estimate of drug-likeness (QED) is 0.868. The Hall–Kier alpha value is -1.18. The molecule has 1 N–H and O–H groups in total. The number of rotatable bonds is 2. The minimum atomic E-state index is 0.438. The summed E-state index contributed by atoms with van der Waals surface area (Å²) in [6.07, 6.45) is 5.17. The number of hydrogen-bond donors (Lipinski definition) is 1. The summed E-state index contributed by atoms with van der Waals surface area (Å²) in [7, 11) is 0. The SMILES string of the molecule is CC1(C)C2CCC1(C)C(Nc1ccc3c(c1)CCO3)C2. The first kappa shape index (κ1) is 12.6. The highest BCUT2D eigenvalue weighted by Crippen LogP contribution is 2.65. The van der Waals surface area contributed by atoms with E-state index in [2.05, 4.69) is 44.3 Å². The largest absolute Gasteiger partial charge is 0.493 e. The predicted molar refractivity (Wildman–Crippen MR) is 82.3 cm³/mol. The van der Waals surface area contributed by atoms with Crippen molar-refractivity contribution in [1.29, 1.82) is 0 Å². The monoisotopic (exact) mass is 271 g/mol. The highest BCUT2D eigenvalue weighted by molar-refractivity contribution is 5.53. The van der Waals surface area contributed by atoms with Gasteiger partial charge >= 0.3 is 0 Å². The topological polar surface area (TPSA) is 21.3 Å². The highest BCUT2D eigenvalue weighted by atomic mass is 16.5. The minimum Gasteiger partial charge on any atom is -0.493 e. The van der Waals surface area contributed by atoms with Crippen molar-refractivity contribution in [3.8, 4) is 5.75 Å². The van der Waals surface area contributed by atoms with Crippen LogP contribution in [0.2, 0.25) is 0 Å². The first-order chi connectivity index (χ1) is 9.50. The van der Waals surface area contributed by atoms with Crippen LogP contribution in [0.15, 0.2) is 18.2 Å². The number of ether oxygens (including phenoxy) is 1. The molecule has 3 aliphatic rings. The van der Waals surface area contributed by atoms with Gasteiger partial charge in [-0.1, -0.05) is 20.8 Å². The molecule has 1 heterocycles. The Bertz CT molecular complexity index is 550. The lowest BCUT2D eigenvalue weighted by atomic mass is 9.69. The number of nitrogens with one attached hydrogen (secondary N) is 1. The van der Waals surface area contributed by atoms with Crippen molar-refractivity contribution in [3.63, 3.8) is 0 Å². The number of benzene rings is 1. The molecule has 2 nitrogen and oxygen atoms in total. The summed E-state index contributed by atoms with van der Waals surface area (Å²) >= 11 is 0. The Balaban J connectivity index is 1.59. The first-order valence-electron chi connectivity index (χ1n) is 8.03. The summed E-state index contributed by atoms with van der Waals surface area (Å²) in [6, 6.07) is 7.24. The van der Waals surface area contributed by atoms with Crippen molar-refractivity contribution >= 4 is 5.69 Å². The van der Waals surface area contributed by atoms with E-state index in [-0.39, 0.29) is 0 Å². The van der Waals surface area contributed by atoms with E-state index in [0.29, 0.717) is 16.9 Å². The van der Waals surface area contributed by atoms with Crippen LogP contribution in [0.25, 0.3) is 0 Å². The predicted octanol–water partition coefficient (Wildman–Crippen LogP) is 4.25. The van der Waals surface area contributed by atoms with Crippen molar-refractivity contribution in [2.45, 2.75) is 52.5 Å². The smallest absolute Gasteiger partial charge is 0.122 e. The molecule has 2 fully saturated rings. The maximum atomic E-state index is 5.60. The first-order valence-corrected chi connectivity index (χ1v) is 8.03. The molecule has 1 aromatic carbocycles. The number of anilines is 1. The second-order valence-electron chi connectivity index (χ2n) is 7.73. The van der Waals surface area contributed by atoms with Crippen LogP contribution >= 0.6 is 0 Å². The zero-order valence-corrected chi connectivity index (χ0v) is 12.8. The van der Waals surface area contributed by atoms with E-state index in [1.54, 1.807) is 0 Å². The molecule has 0 radical (unpaired) electrons. The van der Waals surface area contributed by atoms with Gasteiger partial charge in [0.15, 0.2) is 0 Å². The fourth-order valence-electron chi connectivity index (χ4n) is 4.90. The highest BCUT2D eigenvalue weighted by Gasteiger charge is 2.61. The molecule has 1 aromatic rings. The molecule has 0 amide bonds. The molecule has 0 saturated heterocycles. The third kappa shape index (κ3) is 1.51. The van der Waals surface area contributed by atoms with E-state index in [0.717, 1.165) is 24.7 Å². The van der Waals surface area contributed by atoms with E-state index >= 15 is 0 Å². The molecule has 3 unspecified atom stereocenters. The van der Waals surface area contributed by atoms with Gasteiger partial charge in [-0.3, -0.25) is 0 Å². The van der Waals surface area contributed by atoms with E-state index in [1.165, 1.54) is 30.5 Å². The van der Waals surface area contributed by atoms with Gasteiger partial charge in [0.25, 0.3) is 0 Å². The Morgan fingerprint density at radius 1 is 1.25 bits per heavy atom. The van der Waals surface area contributed by atoms with Gasteiger partial charge in [0.1, 0.15) is 5.75 Å². The van der Waals surface area contributed by atoms with Gasteiger partial charge in [-0.05, 0) is 59.8 Å². The second kappa shape index (κ2) is 3.93. The Kier molecular flexibility index (Phi) is 2.47. The molecule has 0 aromatic heterocycles. The summed E-state index contributed by atoms with van der Waals surface area (Å²) in [5.74, 6) is 1.97. The fraction of sp³-hybridized carbons (Fsp3) is 0.667. The van der Waals surface area contributed by atoms with Crippen molar-refractivity contribution in [1.82, 2.24) is 0 Å². The normalized spacial score (nSPS) is 36.8. The van der Waals surface area contributed by atoms with Crippen LogP contribution in [0.1, 0.15) is 45.6 Å². The third-order valence-corrected chi connectivity index (χ3v) is 6.82. The molecule has 20 heavy (non-hydrogen) atoms. The van der Waals surface area contributed by atoms with Crippen LogP contribution in [0.4, 0.5) is 5.69 Å². The summed E-state index contributed by atoms with van der Waals surface area (Å²) < 4.78 is 5.60. The van der Waals surface area contributed by atoms with Crippen LogP contribution in [0, 0.1) is 16.7 Å². The van der Waals surface area contributed by atoms with Gasteiger partial charge in [-0.15, -0.1) is 0 Å². The molecule has 2 bridgehead atoms. The lowest BCUT2D eigenvalue weighted by Crippen LogP contribution is -2.40. The Morgan fingerprint density at radius 3 is 2.80 bits per heavy atom. The van der Waals surface area contributed by atoms with Crippen molar-refractivity contribution in [3.05, 3.63) is 23.8 Å². The van der Waals surface area contributed by atoms with Crippen molar-refractivity contribution in [2.75, 3.05) is 11.9 Å². The molecule has 2 aliphatic carbocycles. The molecule has 2 heteroatoms. The molecule has 1 aliphatic heterocycles. The lowest BCUT2D eigenvalue weighted by Gasteiger charge is -2.40. The molecule has 3 atom stereocenters. The van der Waals surface area contributed by atoms with Crippen molar-refractivity contribution < 1.29 is 4.74 Å². The molecule has 2 saturated carbocycles. The lowest BCUT2D eigenvalue weighted by molar-refractivity contribution is 0.142. The van der Waals surface area contributed by atoms with Crippen LogP contribution in [0.5, 0.6) is 5.75 Å². The number of hydrogen-bond acceptors (Lipinski definition) is 2. The summed E-state index contributed by atoms with van der Waals surface area (Å²) in [5, 5.41) is 3.84. The van der Waals surface area contributed by atoms with E-state index in [4.69, 9.17) is 4.74 Å². The zero-order valence-electron chi connectivity index (χ0n) is 12.8. The minimum absolute atomic E-state index is 0.438. The van der Waals surface area contributed by atoms with Gasteiger partial charge in [0, 0.05) is 18.2 Å². The van der Waals surface area contributed by atoms with E-state index < -0.39 is 0 Å². The van der Waals surface area contributed by atoms with Crippen LogP contribution in [0.3, 0.4) is 0 Å². The maximum absolute atomic E-state index is 5.60. The summed E-state index contributed by atoms with van der Waals surface area (Å²) in [5.41, 5.74) is 3.56. The summed E-state index contributed by atoms with van der Waals surface area (Å²) in [4.78, 5) is 0. The van der Waals surface area contributed by atoms with Gasteiger partial charge in [0.05, 0.1) is 6.61 Å². The number of fused-ring (bicyclic) bond motifs is 3.